The predicted octanol–water partition coefficient (Wildman–Crippen LogP) is 17.9. The van der Waals surface area contributed by atoms with Crippen LogP contribution < -0.4 is 32.3 Å². The number of carbonyl (C=O) groups excluding carboxylic acids is 10. The number of thiocarbonyl (C=S) groups is 1. The molecule has 9 rings (SSSR count). The highest BCUT2D eigenvalue weighted by molar-refractivity contribution is 9.09. The Morgan fingerprint density at radius 1 is 0.398 bits per heavy atom. The number of alkyl halides is 16. The van der Waals surface area contributed by atoms with Gasteiger partial charge in [-0.25, -0.2) is 39.1 Å². The number of ketones is 1. The molecule has 123 heavy (non-hydrogen) atoms. The Kier molecular flexibility index (Phi) is 43.2. The van der Waals surface area contributed by atoms with Crippen molar-refractivity contribution in [2.24, 2.45) is 5.73 Å². The van der Waals surface area contributed by atoms with Gasteiger partial charge in [0.2, 0.25) is 15.0 Å². The average molecular weight is 1910 g/mol. The van der Waals surface area contributed by atoms with Gasteiger partial charge in [-0.3, -0.25) is 28.8 Å². The van der Waals surface area contributed by atoms with Crippen LogP contribution in [0.4, 0.5) is 65.9 Å². The first-order valence-corrected chi connectivity index (χ1v) is 41.0. The number of hydrogen-bond donors (Lipinski definition) is 6. The third kappa shape index (κ3) is 41.1. The van der Waals surface area contributed by atoms with Crippen LogP contribution in [0.5, 0.6) is 0 Å². The minimum Gasteiger partial charge on any atom is -0.461 e. The van der Waals surface area contributed by atoms with Gasteiger partial charge in [-0.15, -0.1) is 45.3 Å². The van der Waals surface area contributed by atoms with E-state index in [9.17, 15) is 114 Å². The number of hydrogen-bond acceptors (Lipinski definition) is 23. The molecule has 0 fully saturated rings. The van der Waals surface area contributed by atoms with Crippen LogP contribution in [-0.4, -0.2) is 179 Å². The molecule has 0 atom stereocenters. The molecule has 24 nitrogen and oxygen atoms in total. The molecule has 0 radical (unpaired) electrons. The largest absolute Gasteiger partial charge is 0.461 e. The maximum atomic E-state index is 12.1. The van der Waals surface area contributed by atoms with Gasteiger partial charge in [0, 0.05) is 111 Å². The van der Waals surface area contributed by atoms with Crippen molar-refractivity contribution in [3.8, 4) is 45.0 Å². The number of amides is 5. The first-order valence-electron chi connectivity index (χ1n) is 35.8. The lowest BCUT2D eigenvalue weighted by Gasteiger charge is -2.08. The van der Waals surface area contributed by atoms with Gasteiger partial charge in [-0.2, -0.15) is 65.9 Å². The maximum absolute atomic E-state index is 12.1. The molecule has 0 aliphatic heterocycles. The number of halogens is 16. The number of aromatic nitrogens is 4. The molecule has 7 N–H and O–H groups in total. The highest BCUT2D eigenvalue weighted by atomic mass is 79.9. The fourth-order valence-electron chi connectivity index (χ4n) is 8.86. The SMILES string of the molecule is CC(C)OC(=O)c1nc(-c2ccc(C(=O)NCCC(F)(F)F)cc2)cs1.CCOC(=O)C(N)=S.CCOC(=O)c1nc(-c2ccc(C(=O)NCCC(F)(F)F)cc2)cs1.CCOC(=O)c1nc(-c2ccc(C(=O)NCCC(F)(F)F)cc2)cs1.O=C(CBr)c1ccc(C(=O)NCCC(F)(F)F)cc1.O=C(NCCC(F)(F)F)c1ccc(-c2cscn2)cc1.[3HH]. The number of nitrogens with two attached hydrogens (primary N) is 1. The Bertz CT molecular complexity index is 4780. The van der Waals surface area contributed by atoms with E-state index in [1.54, 1.807) is 117 Å². The fourth-order valence-corrected chi connectivity index (χ4v) is 11.9. The van der Waals surface area contributed by atoms with Gasteiger partial charge >= 0.3 is 54.8 Å². The Morgan fingerprint density at radius 2 is 0.650 bits per heavy atom. The third-order valence-electron chi connectivity index (χ3n) is 14.7. The summed E-state index contributed by atoms with van der Waals surface area (Å²) in [6.45, 7) is 7.09. The monoisotopic (exact) mass is 1900 g/mol. The second kappa shape index (κ2) is 51.1. The van der Waals surface area contributed by atoms with Crippen molar-refractivity contribution in [2.75, 3.05) is 57.9 Å². The second-order valence-corrected chi connectivity index (χ2v) is 28.8. The Hall–Kier alpha value is -11.2. The molecule has 0 aliphatic carbocycles. The van der Waals surface area contributed by atoms with E-state index >= 15 is 0 Å². The summed E-state index contributed by atoms with van der Waals surface area (Å²) in [5.74, 6) is -5.11. The minimum atomic E-state index is -4.31. The first-order chi connectivity index (χ1) is 57.7. The molecular weight excluding hydrogens is 1830 g/mol. The van der Waals surface area contributed by atoms with E-state index in [4.69, 9.17) is 19.9 Å². The summed E-state index contributed by atoms with van der Waals surface area (Å²) in [6.07, 6.45) is -27.1. The summed E-state index contributed by atoms with van der Waals surface area (Å²) < 4.78 is 199. The van der Waals surface area contributed by atoms with E-state index in [2.05, 4.69) is 79.4 Å². The molecule has 0 unspecified atom stereocenters. The number of carbonyl (C=O) groups is 10. The minimum absolute atomic E-state index is 0. The van der Waals surface area contributed by atoms with Crippen LogP contribution >= 0.6 is 73.5 Å². The van der Waals surface area contributed by atoms with E-state index in [1.165, 1.54) is 72.0 Å². The van der Waals surface area contributed by atoms with Gasteiger partial charge in [0.05, 0.1) is 91.6 Å². The number of nitrogens with zero attached hydrogens (tertiary/aromatic N) is 4. The quantitative estimate of drug-likeness (QED) is 0.00662. The smallest absolute Gasteiger partial charge is 0.390 e. The number of rotatable bonds is 28. The van der Waals surface area contributed by atoms with Crippen molar-refractivity contribution in [3.05, 3.63) is 197 Å². The van der Waals surface area contributed by atoms with Crippen LogP contribution in [0.3, 0.4) is 0 Å². The van der Waals surface area contributed by atoms with Gasteiger partial charge in [-0.05, 0) is 95.3 Å². The summed E-state index contributed by atoms with van der Waals surface area (Å²) in [7, 11) is 0. The zero-order valence-corrected chi connectivity index (χ0v) is 70.7. The Labute approximate surface area is 723 Å². The van der Waals surface area contributed by atoms with Crippen molar-refractivity contribution in [2.45, 2.75) is 104 Å². The molecule has 0 saturated carbocycles. The number of Topliss-reactive ketones (excluding diaryl/α,β-unsaturated/α-hetero) is 1. The van der Waals surface area contributed by atoms with Gasteiger partial charge in [0.15, 0.2) is 10.8 Å². The van der Waals surface area contributed by atoms with Crippen molar-refractivity contribution in [1.29, 1.82) is 0 Å². The maximum Gasteiger partial charge on any atom is 0.390 e. The molecule has 0 spiro atoms. The molecule has 9 aromatic rings. The lowest BCUT2D eigenvalue weighted by Crippen LogP contribution is -2.27. The highest BCUT2D eigenvalue weighted by Crippen LogP contribution is 2.29. The standard InChI is InChI=1S/C17H17F3N2O3S.2C16H15F3N2O3S.C13H11F3N2OS.C12H11BrF3NO2.C4H7NO2S.H2/c1-10(2)25-16(24)15-22-13(9-26-15)11-3-5-12(6-4-11)14(23)21-8-7-17(18,19)20;2*1-2-24-15(23)14-21-12(9-25-14)10-3-5-11(6-4-10)13(22)20-8-7-16(17,18)19;14-13(15,16)5-6-17-12(19)10-3-1-9(2-4-10)11-7-20-8-18-11;13-7-10(18)8-1-3-9(4-2-8)11(19)17-6-5-12(14,15)16;1-2-7-4(6)3(5)8;/h3-6,9-10H,7-8H2,1-2H3,(H,21,23);2*3-6,9H,2,7-8H2,1H3,(H,20,22);1-4,7-8H,5-6H2,(H,17,19);1-4H,5-7H2,(H,17,19);2H2,1H3,(H2,5,8);1H/i;;;;;;1+2. The molecule has 5 amide bonds. The lowest BCUT2D eigenvalue weighted by molar-refractivity contribution is -0.135. The lowest BCUT2D eigenvalue weighted by atomic mass is 10.1. The molecule has 666 valence electrons. The molecule has 45 heteroatoms. The fraction of sp³-hybridized carbons (Fsp3) is 0.321. The summed E-state index contributed by atoms with van der Waals surface area (Å²) in [5, 5.41) is 18.8. The van der Waals surface area contributed by atoms with E-state index in [1.807, 2.05) is 5.38 Å². The third-order valence-corrected chi connectivity index (χ3v) is 18.4. The highest BCUT2D eigenvalue weighted by Gasteiger charge is 2.31. The molecular formula is C78H78BrF15N10O14S5. The van der Waals surface area contributed by atoms with Crippen molar-refractivity contribution in [1.82, 2.24) is 46.5 Å². The summed E-state index contributed by atoms with van der Waals surface area (Å²) in [5.41, 5.74) is 13.6. The van der Waals surface area contributed by atoms with Crippen LogP contribution in [0.2, 0.25) is 0 Å². The van der Waals surface area contributed by atoms with Gasteiger partial charge in [0.1, 0.15) is 0 Å². The van der Waals surface area contributed by atoms with Gasteiger partial charge in [-0.1, -0.05) is 88.8 Å². The topological polar surface area (TPSA) is 345 Å². The second-order valence-electron chi connectivity index (χ2n) is 24.5. The van der Waals surface area contributed by atoms with Gasteiger partial charge in [0.25, 0.3) is 29.5 Å². The number of ether oxygens (including phenoxy) is 4. The van der Waals surface area contributed by atoms with E-state index in [0.717, 1.165) is 45.3 Å². The van der Waals surface area contributed by atoms with Crippen LogP contribution in [0.25, 0.3) is 45.0 Å². The van der Waals surface area contributed by atoms with Crippen molar-refractivity contribution in [3.63, 3.8) is 0 Å². The van der Waals surface area contributed by atoms with Crippen molar-refractivity contribution >= 4 is 138 Å². The van der Waals surface area contributed by atoms with Crippen LogP contribution in [0.15, 0.2) is 148 Å². The first kappa shape index (κ1) is 104. The zero-order chi connectivity index (χ0) is 91.8. The van der Waals surface area contributed by atoms with E-state index in [-0.39, 0.29) is 74.1 Å². The van der Waals surface area contributed by atoms with Gasteiger partial charge < -0.3 is 51.3 Å². The van der Waals surface area contributed by atoms with Crippen LogP contribution in [0, 0.1) is 0 Å². The Balaban J connectivity index is 0.000000392. The number of thiazole rings is 4. The number of benzene rings is 5. The number of nitrogens with one attached hydrogen (secondary N) is 5. The summed E-state index contributed by atoms with van der Waals surface area (Å²) in [6, 6.07) is 30.9. The van der Waals surface area contributed by atoms with Crippen LogP contribution in [0.1, 0.15) is 160 Å². The molecule has 5 aromatic carbocycles. The summed E-state index contributed by atoms with van der Waals surface area (Å²) in [4.78, 5) is 132. The molecule has 0 saturated heterocycles. The Morgan fingerprint density at radius 3 is 0.870 bits per heavy atom. The molecule has 0 bridgehead atoms. The molecule has 4 heterocycles. The zero-order valence-electron chi connectivity index (χ0n) is 65.1. The average Bonchev–Trinajstić information content (AvgIpc) is 1.70. The van der Waals surface area contributed by atoms with E-state index in [0.29, 0.717) is 51.5 Å². The normalized spacial score (nSPS) is 11.1. The van der Waals surface area contributed by atoms with E-state index < -0.39 is 149 Å². The predicted molar refractivity (Wildman–Crippen MR) is 438 cm³/mol. The molecule has 0 aliphatic rings. The summed E-state index contributed by atoms with van der Waals surface area (Å²) >= 11 is 12.2. The molecule has 4 aromatic heterocycles. The van der Waals surface area contributed by atoms with Crippen LogP contribution in [-0.2, 0) is 23.7 Å². The number of esters is 4. The van der Waals surface area contributed by atoms with Crippen molar-refractivity contribution < 1.29 is 134 Å².